The van der Waals surface area contributed by atoms with Gasteiger partial charge in [-0.05, 0) is 37.2 Å². The summed E-state index contributed by atoms with van der Waals surface area (Å²) in [4.78, 5) is 4.81. The fourth-order valence-electron chi connectivity index (χ4n) is 2.16. The van der Waals surface area contributed by atoms with E-state index in [4.69, 9.17) is 5.73 Å². The molecule has 5 N–H and O–H groups in total. The number of aryl methyl sites for hydroxylation is 1. The lowest BCUT2D eigenvalue weighted by Gasteiger charge is -2.34. The molecule has 1 heterocycles. The number of likely N-dealkylation sites (N-methyl/N-ethyl adjacent to an activating group) is 1. The van der Waals surface area contributed by atoms with E-state index in [1.54, 1.807) is 0 Å². The van der Waals surface area contributed by atoms with Crippen LogP contribution < -0.4 is 16.8 Å². The van der Waals surface area contributed by atoms with Crippen molar-refractivity contribution in [1.82, 2.24) is 11.1 Å². The minimum Gasteiger partial charge on any atom is -0.399 e. The molecule has 1 aromatic carbocycles. The van der Waals surface area contributed by atoms with Crippen LogP contribution in [0.25, 0.3) is 0 Å². The molecule has 2 rings (SSSR count). The molecule has 4 nitrogen and oxygen atoms in total. The van der Waals surface area contributed by atoms with Gasteiger partial charge in [-0.15, -0.1) is 0 Å². The maximum absolute atomic E-state index is 5.92. The SMILES string of the molecule is CCc1cc(N2CCN(C)CC2)ccc1N.N. The van der Waals surface area contributed by atoms with Crippen LogP contribution in [0.1, 0.15) is 12.5 Å². The molecule has 0 unspecified atom stereocenters. The number of anilines is 2. The predicted octanol–water partition coefficient (Wildman–Crippen LogP) is 1.74. The molecule has 1 saturated heterocycles. The van der Waals surface area contributed by atoms with Crippen molar-refractivity contribution in [3.05, 3.63) is 23.8 Å². The van der Waals surface area contributed by atoms with Crippen molar-refractivity contribution >= 4 is 11.4 Å². The number of piperazine rings is 1. The van der Waals surface area contributed by atoms with Crippen LogP contribution in [0.3, 0.4) is 0 Å². The van der Waals surface area contributed by atoms with Crippen molar-refractivity contribution in [2.75, 3.05) is 43.9 Å². The second-order valence-corrected chi connectivity index (χ2v) is 4.53. The summed E-state index contributed by atoms with van der Waals surface area (Å²) in [6.07, 6.45) is 1.01. The summed E-state index contributed by atoms with van der Waals surface area (Å²) >= 11 is 0. The van der Waals surface area contributed by atoms with Gasteiger partial charge in [-0.25, -0.2) is 0 Å². The number of hydrogen-bond acceptors (Lipinski definition) is 4. The third-order valence-corrected chi connectivity index (χ3v) is 3.38. The Balaban J connectivity index is 0.00000144. The van der Waals surface area contributed by atoms with Crippen molar-refractivity contribution in [3.8, 4) is 0 Å². The van der Waals surface area contributed by atoms with Gasteiger partial charge >= 0.3 is 0 Å². The van der Waals surface area contributed by atoms with Crippen LogP contribution >= 0.6 is 0 Å². The zero-order valence-corrected chi connectivity index (χ0v) is 10.9. The van der Waals surface area contributed by atoms with Crippen molar-refractivity contribution in [2.24, 2.45) is 0 Å². The molecule has 1 fully saturated rings. The van der Waals surface area contributed by atoms with Gasteiger partial charge in [0.15, 0.2) is 0 Å². The van der Waals surface area contributed by atoms with Gasteiger partial charge in [0.25, 0.3) is 0 Å². The van der Waals surface area contributed by atoms with E-state index in [1.165, 1.54) is 11.3 Å². The number of nitrogens with zero attached hydrogens (tertiary/aromatic N) is 2. The fourth-order valence-corrected chi connectivity index (χ4v) is 2.16. The summed E-state index contributed by atoms with van der Waals surface area (Å²) in [6, 6.07) is 6.41. The molecule has 0 radical (unpaired) electrons. The summed E-state index contributed by atoms with van der Waals surface area (Å²) in [6.45, 7) is 6.67. The third-order valence-electron chi connectivity index (χ3n) is 3.38. The van der Waals surface area contributed by atoms with Gasteiger partial charge in [0.2, 0.25) is 0 Å². The monoisotopic (exact) mass is 236 g/mol. The number of hydrogen-bond donors (Lipinski definition) is 2. The van der Waals surface area contributed by atoms with Crippen LogP contribution in [0, 0.1) is 0 Å². The maximum Gasteiger partial charge on any atom is 0.0371 e. The van der Waals surface area contributed by atoms with Gasteiger partial charge in [0.1, 0.15) is 0 Å². The Bertz CT molecular complexity index is 356. The van der Waals surface area contributed by atoms with Crippen LogP contribution in [0.4, 0.5) is 11.4 Å². The molecule has 0 atom stereocenters. The van der Waals surface area contributed by atoms with E-state index in [9.17, 15) is 0 Å². The van der Waals surface area contributed by atoms with Gasteiger partial charge in [-0.1, -0.05) is 6.92 Å². The first-order valence-corrected chi connectivity index (χ1v) is 6.02. The highest BCUT2D eigenvalue weighted by atomic mass is 15.2. The van der Waals surface area contributed by atoms with E-state index in [-0.39, 0.29) is 6.15 Å². The van der Waals surface area contributed by atoms with E-state index < -0.39 is 0 Å². The van der Waals surface area contributed by atoms with E-state index in [2.05, 4.69) is 35.9 Å². The van der Waals surface area contributed by atoms with Crippen molar-refractivity contribution in [1.29, 1.82) is 0 Å². The molecule has 0 aromatic heterocycles. The zero-order chi connectivity index (χ0) is 11.5. The Morgan fingerprint density at radius 3 is 2.41 bits per heavy atom. The molecule has 4 heteroatoms. The molecule has 0 saturated carbocycles. The minimum absolute atomic E-state index is 0. The van der Waals surface area contributed by atoms with Gasteiger partial charge in [-0.3, -0.25) is 0 Å². The van der Waals surface area contributed by atoms with Gasteiger partial charge < -0.3 is 21.7 Å². The highest BCUT2D eigenvalue weighted by Gasteiger charge is 2.14. The average molecular weight is 236 g/mol. The van der Waals surface area contributed by atoms with E-state index >= 15 is 0 Å². The fraction of sp³-hybridized carbons (Fsp3) is 0.538. The molecule has 96 valence electrons. The topological polar surface area (TPSA) is 67.5 Å². The quantitative estimate of drug-likeness (QED) is 0.768. The average Bonchev–Trinajstić information content (AvgIpc) is 2.31. The second-order valence-electron chi connectivity index (χ2n) is 4.53. The van der Waals surface area contributed by atoms with Gasteiger partial charge in [0.05, 0.1) is 0 Å². The highest BCUT2D eigenvalue weighted by molar-refractivity contribution is 5.58. The summed E-state index contributed by atoms with van der Waals surface area (Å²) in [7, 11) is 2.18. The van der Waals surface area contributed by atoms with Crippen LogP contribution in [0.2, 0.25) is 0 Å². The predicted molar refractivity (Wildman–Crippen MR) is 75.0 cm³/mol. The van der Waals surface area contributed by atoms with Gasteiger partial charge in [-0.2, -0.15) is 0 Å². The number of nitrogens with two attached hydrogens (primary N) is 1. The molecule has 1 aliphatic rings. The van der Waals surface area contributed by atoms with Crippen LogP contribution in [-0.2, 0) is 6.42 Å². The maximum atomic E-state index is 5.92. The largest absolute Gasteiger partial charge is 0.399 e. The molecular formula is C13H24N4. The van der Waals surface area contributed by atoms with E-state index in [1.807, 2.05) is 6.07 Å². The zero-order valence-electron chi connectivity index (χ0n) is 10.9. The first-order chi connectivity index (χ1) is 7.70. The Kier molecular flexibility index (Phi) is 4.78. The summed E-state index contributed by atoms with van der Waals surface area (Å²) < 4.78 is 0. The summed E-state index contributed by atoms with van der Waals surface area (Å²) in [5.41, 5.74) is 9.42. The molecule has 17 heavy (non-hydrogen) atoms. The lowest BCUT2D eigenvalue weighted by atomic mass is 10.1. The Morgan fingerprint density at radius 2 is 1.82 bits per heavy atom. The molecule has 1 aliphatic heterocycles. The lowest BCUT2D eigenvalue weighted by molar-refractivity contribution is 0.313. The number of rotatable bonds is 2. The normalized spacial score (nSPS) is 16.7. The molecule has 0 bridgehead atoms. The van der Waals surface area contributed by atoms with Crippen molar-refractivity contribution in [2.45, 2.75) is 13.3 Å². The lowest BCUT2D eigenvalue weighted by Crippen LogP contribution is -2.44. The molecular weight excluding hydrogens is 212 g/mol. The Hall–Kier alpha value is -1.26. The van der Waals surface area contributed by atoms with Crippen LogP contribution in [0.5, 0.6) is 0 Å². The van der Waals surface area contributed by atoms with Crippen molar-refractivity contribution in [3.63, 3.8) is 0 Å². The van der Waals surface area contributed by atoms with E-state index in [0.29, 0.717) is 0 Å². The first kappa shape index (κ1) is 13.8. The summed E-state index contributed by atoms with van der Waals surface area (Å²) in [5.74, 6) is 0. The smallest absolute Gasteiger partial charge is 0.0371 e. The third kappa shape index (κ3) is 3.11. The second kappa shape index (κ2) is 5.89. The van der Waals surface area contributed by atoms with Gasteiger partial charge in [0, 0.05) is 37.6 Å². The molecule has 1 aromatic rings. The van der Waals surface area contributed by atoms with Crippen LogP contribution in [0.15, 0.2) is 18.2 Å². The number of benzene rings is 1. The Labute approximate surface area is 104 Å². The van der Waals surface area contributed by atoms with Crippen molar-refractivity contribution < 1.29 is 0 Å². The Morgan fingerprint density at radius 1 is 1.18 bits per heavy atom. The standard InChI is InChI=1S/C13H21N3.H3N/c1-3-11-10-12(4-5-13(11)14)16-8-6-15(2)7-9-16;/h4-5,10H,3,6-9,14H2,1-2H3;1H3. The summed E-state index contributed by atoms with van der Waals surface area (Å²) in [5, 5.41) is 0. The minimum atomic E-state index is 0. The molecule has 0 spiro atoms. The van der Waals surface area contributed by atoms with Crippen LogP contribution in [-0.4, -0.2) is 38.1 Å². The first-order valence-electron chi connectivity index (χ1n) is 6.02. The number of nitrogen functional groups attached to an aromatic ring is 1. The molecule has 0 amide bonds. The highest BCUT2D eigenvalue weighted by Crippen LogP contribution is 2.22. The van der Waals surface area contributed by atoms with E-state index in [0.717, 1.165) is 38.3 Å². The molecule has 0 aliphatic carbocycles.